The molecule has 4 nitrogen and oxygen atoms in total. The number of carbonyl (C=O) groups is 1. The average Bonchev–Trinajstić information content (AvgIpc) is 3.10. The first-order chi connectivity index (χ1) is 10.2. The van der Waals surface area contributed by atoms with Gasteiger partial charge < -0.3 is 10.4 Å². The van der Waals surface area contributed by atoms with Crippen LogP contribution in [0.5, 0.6) is 0 Å². The van der Waals surface area contributed by atoms with Crippen molar-refractivity contribution >= 4 is 5.91 Å². The van der Waals surface area contributed by atoms with E-state index in [-0.39, 0.29) is 5.91 Å². The smallest absolute Gasteiger partial charge is 0.234 e. The Hall–Kier alpha value is -0.610. The number of likely N-dealkylation sites (tertiary alicyclic amines) is 1. The van der Waals surface area contributed by atoms with Gasteiger partial charge in [-0.3, -0.25) is 9.69 Å². The van der Waals surface area contributed by atoms with Crippen molar-refractivity contribution in [2.24, 2.45) is 23.7 Å². The van der Waals surface area contributed by atoms with Crippen LogP contribution in [0.3, 0.4) is 0 Å². The van der Waals surface area contributed by atoms with Gasteiger partial charge in [-0.2, -0.15) is 0 Å². The van der Waals surface area contributed by atoms with Gasteiger partial charge in [0.25, 0.3) is 0 Å². The van der Waals surface area contributed by atoms with E-state index >= 15 is 0 Å². The maximum Gasteiger partial charge on any atom is 0.234 e. The molecule has 0 aromatic rings. The number of fused-ring (bicyclic) bond motifs is 2. The number of amides is 1. The molecule has 1 saturated heterocycles. The largest absolute Gasteiger partial charge is 0.396 e. The number of carbonyl (C=O) groups excluding carboxylic acids is 1. The molecular formula is C17H30N2O2. The number of hydrogen-bond donors (Lipinski definition) is 2. The zero-order valence-corrected chi connectivity index (χ0v) is 13.3. The highest BCUT2D eigenvalue weighted by Gasteiger charge is 2.42. The molecule has 4 heteroatoms. The van der Waals surface area contributed by atoms with Gasteiger partial charge in [-0.1, -0.05) is 6.42 Å². The molecule has 2 bridgehead atoms. The van der Waals surface area contributed by atoms with Crippen LogP contribution in [0.2, 0.25) is 0 Å². The summed E-state index contributed by atoms with van der Waals surface area (Å²) in [6, 6.07) is 0.336. The number of nitrogens with one attached hydrogen (secondary N) is 1. The molecule has 3 aliphatic rings. The molecular weight excluding hydrogens is 264 g/mol. The summed E-state index contributed by atoms with van der Waals surface area (Å²) >= 11 is 0. The Kier molecular flexibility index (Phi) is 4.85. The first-order valence-electron chi connectivity index (χ1n) is 8.78. The molecule has 2 saturated carbocycles. The fourth-order valence-corrected chi connectivity index (χ4v) is 4.84. The number of hydrogen-bond acceptors (Lipinski definition) is 3. The molecule has 2 N–H and O–H groups in total. The Labute approximate surface area is 128 Å². The third-order valence-corrected chi connectivity index (χ3v) is 6.16. The number of aliphatic hydroxyl groups excluding tert-OH is 1. The highest BCUT2D eigenvalue weighted by molar-refractivity contribution is 5.78. The Morgan fingerprint density at radius 1 is 1.24 bits per heavy atom. The van der Waals surface area contributed by atoms with E-state index in [2.05, 4.69) is 17.1 Å². The molecule has 0 aromatic heterocycles. The molecule has 0 radical (unpaired) electrons. The molecule has 1 amide bonds. The average molecular weight is 294 g/mol. The van der Waals surface area contributed by atoms with Crippen molar-refractivity contribution in [2.45, 2.75) is 51.5 Å². The summed E-state index contributed by atoms with van der Waals surface area (Å²) in [5, 5.41) is 12.4. The maximum atomic E-state index is 12.2. The van der Waals surface area contributed by atoms with Gasteiger partial charge in [-0.05, 0) is 75.8 Å². The Morgan fingerprint density at radius 3 is 2.57 bits per heavy atom. The standard InChI is InChI=1S/C17H30N2O2/c1-12(16-9-14-2-3-15(16)8-14)18-17(21)10-19-6-4-13(11-20)5-7-19/h12-16,20H,2-11H2,1H3,(H,18,21). The van der Waals surface area contributed by atoms with Crippen molar-refractivity contribution in [3.63, 3.8) is 0 Å². The Morgan fingerprint density at radius 2 is 2.00 bits per heavy atom. The van der Waals surface area contributed by atoms with Crippen molar-refractivity contribution in [2.75, 3.05) is 26.2 Å². The first-order valence-corrected chi connectivity index (χ1v) is 8.78. The predicted octanol–water partition coefficient (Wildman–Crippen LogP) is 1.63. The molecule has 1 aliphatic heterocycles. The SMILES string of the molecule is CC(NC(=O)CN1CCC(CO)CC1)C1CC2CCC1C2. The minimum absolute atomic E-state index is 0.188. The quantitative estimate of drug-likeness (QED) is 0.810. The van der Waals surface area contributed by atoms with E-state index in [1.807, 2.05) is 0 Å². The van der Waals surface area contributed by atoms with Gasteiger partial charge in [0.05, 0.1) is 6.54 Å². The van der Waals surface area contributed by atoms with E-state index in [9.17, 15) is 4.79 Å². The topological polar surface area (TPSA) is 52.6 Å². The molecule has 2 aliphatic carbocycles. The molecule has 21 heavy (non-hydrogen) atoms. The van der Waals surface area contributed by atoms with Gasteiger partial charge in [-0.15, -0.1) is 0 Å². The molecule has 3 rings (SSSR count). The second kappa shape index (κ2) is 6.66. The first kappa shape index (κ1) is 15.3. The summed E-state index contributed by atoms with van der Waals surface area (Å²) in [5.41, 5.74) is 0. The van der Waals surface area contributed by atoms with E-state index in [0.29, 0.717) is 31.0 Å². The van der Waals surface area contributed by atoms with Crippen molar-refractivity contribution < 1.29 is 9.90 Å². The predicted molar refractivity (Wildman–Crippen MR) is 82.8 cm³/mol. The number of nitrogens with zero attached hydrogens (tertiary/aromatic N) is 1. The van der Waals surface area contributed by atoms with E-state index in [1.54, 1.807) is 0 Å². The minimum atomic E-state index is 0.188. The van der Waals surface area contributed by atoms with Crippen LogP contribution in [0.15, 0.2) is 0 Å². The van der Waals surface area contributed by atoms with Crippen molar-refractivity contribution in [1.29, 1.82) is 0 Å². The van der Waals surface area contributed by atoms with Gasteiger partial charge in [-0.25, -0.2) is 0 Å². The fraction of sp³-hybridized carbons (Fsp3) is 0.941. The van der Waals surface area contributed by atoms with Gasteiger partial charge >= 0.3 is 0 Å². The minimum Gasteiger partial charge on any atom is -0.396 e. The van der Waals surface area contributed by atoms with Gasteiger partial charge in [0, 0.05) is 12.6 Å². The summed E-state index contributed by atoms with van der Waals surface area (Å²) in [7, 11) is 0. The molecule has 0 aromatic carbocycles. The Bertz CT molecular complexity index is 366. The van der Waals surface area contributed by atoms with Gasteiger partial charge in [0.1, 0.15) is 0 Å². The van der Waals surface area contributed by atoms with Crippen LogP contribution >= 0.6 is 0 Å². The lowest BCUT2D eigenvalue weighted by molar-refractivity contribution is -0.123. The Balaban J connectivity index is 1.40. The number of rotatable bonds is 5. The van der Waals surface area contributed by atoms with Crippen LogP contribution in [-0.2, 0) is 4.79 Å². The molecule has 0 spiro atoms. The van der Waals surface area contributed by atoms with Crippen LogP contribution < -0.4 is 5.32 Å². The summed E-state index contributed by atoms with van der Waals surface area (Å²) in [4.78, 5) is 14.5. The van der Waals surface area contributed by atoms with E-state index in [1.165, 1.54) is 25.7 Å². The second-order valence-electron chi connectivity index (χ2n) is 7.60. The molecule has 4 unspecified atom stereocenters. The highest BCUT2D eigenvalue weighted by atomic mass is 16.3. The van der Waals surface area contributed by atoms with Crippen LogP contribution in [0, 0.1) is 23.7 Å². The third kappa shape index (κ3) is 3.59. The molecule has 120 valence electrons. The zero-order chi connectivity index (χ0) is 14.8. The van der Waals surface area contributed by atoms with Crippen LogP contribution in [0.25, 0.3) is 0 Å². The van der Waals surface area contributed by atoms with E-state index < -0.39 is 0 Å². The summed E-state index contributed by atoms with van der Waals surface area (Å²) < 4.78 is 0. The zero-order valence-electron chi connectivity index (χ0n) is 13.3. The van der Waals surface area contributed by atoms with Crippen LogP contribution in [-0.4, -0.2) is 48.2 Å². The third-order valence-electron chi connectivity index (χ3n) is 6.16. The van der Waals surface area contributed by atoms with Crippen molar-refractivity contribution in [3.05, 3.63) is 0 Å². The summed E-state index contributed by atoms with van der Waals surface area (Å²) in [6.07, 6.45) is 7.57. The lowest BCUT2D eigenvalue weighted by atomic mass is 9.84. The lowest BCUT2D eigenvalue weighted by Gasteiger charge is -2.32. The van der Waals surface area contributed by atoms with E-state index in [4.69, 9.17) is 5.11 Å². The molecule has 1 heterocycles. The summed E-state index contributed by atoms with van der Waals surface area (Å²) in [6.45, 7) is 4.91. The van der Waals surface area contributed by atoms with Crippen LogP contribution in [0.4, 0.5) is 0 Å². The van der Waals surface area contributed by atoms with Gasteiger partial charge in [0.15, 0.2) is 0 Å². The van der Waals surface area contributed by atoms with Crippen molar-refractivity contribution in [1.82, 2.24) is 10.2 Å². The van der Waals surface area contributed by atoms with E-state index in [0.717, 1.165) is 37.8 Å². The number of piperidine rings is 1. The van der Waals surface area contributed by atoms with Gasteiger partial charge in [0.2, 0.25) is 5.91 Å². The second-order valence-corrected chi connectivity index (χ2v) is 7.60. The maximum absolute atomic E-state index is 12.2. The highest BCUT2D eigenvalue weighted by Crippen LogP contribution is 2.49. The molecule has 3 fully saturated rings. The van der Waals surface area contributed by atoms with Crippen molar-refractivity contribution in [3.8, 4) is 0 Å². The number of aliphatic hydroxyl groups is 1. The lowest BCUT2D eigenvalue weighted by Crippen LogP contribution is -2.46. The summed E-state index contributed by atoms with van der Waals surface area (Å²) in [5.74, 6) is 3.15. The molecule has 4 atom stereocenters. The fourth-order valence-electron chi connectivity index (χ4n) is 4.84. The normalized spacial score (nSPS) is 35.0. The monoisotopic (exact) mass is 294 g/mol. The van der Waals surface area contributed by atoms with Crippen LogP contribution in [0.1, 0.15) is 45.4 Å².